The maximum absolute atomic E-state index is 6.51. The number of alkyl halides is 1. The molecular weight excluding hydrogens is 338 g/mol. The van der Waals surface area contributed by atoms with Gasteiger partial charge >= 0.3 is 0 Å². The zero-order valence-electron chi connectivity index (χ0n) is 16.3. The predicted octanol–water partition coefficient (Wildman–Crippen LogP) is 7.27. The van der Waals surface area contributed by atoms with Gasteiger partial charge in [0.25, 0.3) is 0 Å². The lowest BCUT2D eigenvalue weighted by Gasteiger charge is -2.37. The maximum atomic E-state index is 6.51. The molecule has 0 unspecified atom stereocenters. The second kappa shape index (κ2) is 5.96. The number of fused-ring (bicyclic) bond motifs is 3. The fourth-order valence-corrected chi connectivity index (χ4v) is 4.66. The summed E-state index contributed by atoms with van der Waals surface area (Å²) in [6, 6.07) is 15.4. The van der Waals surface area contributed by atoms with Gasteiger partial charge in [-0.1, -0.05) is 51.1 Å². The van der Waals surface area contributed by atoms with Gasteiger partial charge in [0, 0.05) is 21.9 Å². The zero-order valence-corrected chi connectivity index (χ0v) is 17.0. The Morgan fingerprint density at radius 2 is 1.50 bits per heavy atom. The molecule has 0 radical (unpaired) electrons. The number of aliphatic imine (C=N–C) groups is 1. The van der Waals surface area contributed by atoms with Crippen molar-refractivity contribution in [1.29, 1.82) is 0 Å². The number of hydrogen-bond donors (Lipinski definition) is 0. The molecule has 2 aliphatic rings. The van der Waals surface area contributed by atoms with Gasteiger partial charge in [-0.2, -0.15) is 0 Å². The highest BCUT2D eigenvalue weighted by Crippen LogP contribution is 2.49. The molecule has 1 saturated carbocycles. The summed E-state index contributed by atoms with van der Waals surface area (Å²) in [5, 5.41) is 0. The van der Waals surface area contributed by atoms with Crippen molar-refractivity contribution < 1.29 is 0 Å². The van der Waals surface area contributed by atoms with Crippen LogP contribution in [0.1, 0.15) is 64.5 Å². The van der Waals surface area contributed by atoms with Gasteiger partial charge in [-0.25, -0.2) is 0 Å². The lowest BCUT2D eigenvalue weighted by atomic mass is 9.72. The second-order valence-corrected chi connectivity index (χ2v) is 10.1. The number of hydrogen-bond acceptors (Lipinski definition) is 1. The van der Waals surface area contributed by atoms with Gasteiger partial charge in [0.1, 0.15) is 0 Å². The highest BCUT2D eigenvalue weighted by atomic mass is 35.5. The average molecular weight is 366 g/mol. The lowest BCUT2D eigenvalue weighted by molar-refractivity contribution is 0.276. The number of rotatable bonds is 2. The van der Waals surface area contributed by atoms with Crippen LogP contribution in [-0.4, -0.2) is 11.1 Å². The molecule has 2 aromatic carbocycles. The first-order valence-corrected chi connectivity index (χ1v) is 10.1. The standard InChI is InChI=1S/C24H28ClN/c1-22(2)20-8-6-5-7-18(20)19-10-9-17(15-21(19)22)26-16-23(3)11-13-24(4,25)14-12-23/h5-10,15-16H,11-14H2,1-4H3. The number of benzene rings is 2. The molecule has 0 N–H and O–H groups in total. The molecule has 2 aliphatic carbocycles. The van der Waals surface area contributed by atoms with Gasteiger partial charge in [-0.3, -0.25) is 4.99 Å². The van der Waals surface area contributed by atoms with E-state index in [1.807, 2.05) is 0 Å². The van der Waals surface area contributed by atoms with Crippen LogP contribution in [0.2, 0.25) is 0 Å². The van der Waals surface area contributed by atoms with Crippen molar-refractivity contribution in [2.24, 2.45) is 10.4 Å². The minimum Gasteiger partial charge on any atom is -0.261 e. The monoisotopic (exact) mass is 365 g/mol. The topological polar surface area (TPSA) is 12.4 Å². The van der Waals surface area contributed by atoms with Gasteiger partial charge in [-0.05, 0) is 67.0 Å². The molecule has 1 nitrogen and oxygen atoms in total. The Morgan fingerprint density at radius 1 is 0.846 bits per heavy atom. The van der Waals surface area contributed by atoms with Crippen molar-refractivity contribution in [3.63, 3.8) is 0 Å². The first kappa shape index (κ1) is 17.8. The minimum absolute atomic E-state index is 0.0310. The third-order valence-corrected chi connectivity index (χ3v) is 6.91. The Bertz CT molecular complexity index is 866. The van der Waals surface area contributed by atoms with Crippen LogP contribution in [-0.2, 0) is 5.41 Å². The molecule has 2 aromatic rings. The summed E-state index contributed by atoms with van der Waals surface area (Å²) in [4.78, 5) is 4.86. The molecule has 136 valence electrons. The smallest absolute Gasteiger partial charge is 0.0629 e. The third kappa shape index (κ3) is 3.01. The first-order chi connectivity index (χ1) is 12.2. The van der Waals surface area contributed by atoms with Gasteiger partial charge in [0.2, 0.25) is 0 Å². The Balaban J connectivity index is 1.62. The molecular formula is C24H28ClN. The molecule has 26 heavy (non-hydrogen) atoms. The maximum Gasteiger partial charge on any atom is 0.0629 e. The molecule has 0 aliphatic heterocycles. The quantitative estimate of drug-likeness (QED) is 0.392. The van der Waals surface area contributed by atoms with E-state index in [4.69, 9.17) is 16.6 Å². The summed E-state index contributed by atoms with van der Waals surface area (Å²) in [6.07, 6.45) is 6.51. The molecule has 0 atom stereocenters. The fourth-order valence-electron chi connectivity index (χ4n) is 4.47. The van der Waals surface area contributed by atoms with E-state index in [1.54, 1.807) is 0 Å². The lowest BCUT2D eigenvalue weighted by Crippen LogP contribution is -2.32. The Labute approximate surface area is 162 Å². The van der Waals surface area contributed by atoms with E-state index in [2.05, 4.69) is 76.4 Å². The van der Waals surface area contributed by atoms with E-state index < -0.39 is 0 Å². The fraction of sp³-hybridized carbons (Fsp3) is 0.458. The number of nitrogens with zero attached hydrogens (tertiary/aromatic N) is 1. The normalized spacial score (nSPS) is 29.6. The van der Waals surface area contributed by atoms with Crippen molar-refractivity contribution >= 4 is 23.5 Å². The summed E-state index contributed by atoms with van der Waals surface area (Å²) in [5.41, 5.74) is 6.77. The summed E-state index contributed by atoms with van der Waals surface area (Å²) < 4.78 is 0. The molecule has 0 heterocycles. The Hall–Kier alpha value is -1.60. The predicted molar refractivity (Wildman–Crippen MR) is 113 cm³/mol. The van der Waals surface area contributed by atoms with Crippen LogP contribution in [0.4, 0.5) is 5.69 Å². The first-order valence-electron chi connectivity index (χ1n) is 9.69. The van der Waals surface area contributed by atoms with Crippen molar-refractivity contribution in [3.8, 4) is 11.1 Å². The second-order valence-electron chi connectivity index (χ2n) is 9.23. The van der Waals surface area contributed by atoms with Gasteiger partial charge in [0.05, 0.1) is 5.69 Å². The van der Waals surface area contributed by atoms with Crippen LogP contribution >= 0.6 is 11.6 Å². The van der Waals surface area contributed by atoms with Gasteiger partial charge in [0.15, 0.2) is 0 Å². The SMILES string of the molecule is CC1(Cl)CCC(C)(C=Nc2ccc3c(c2)C(C)(C)c2ccccc2-3)CC1. The molecule has 0 aromatic heterocycles. The van der Waals surface area contributed by atoms with Crippen LogP contribution in [0.5, 0.6) is 0 Å². The summed E-state index contributed by atoms with van der Waals surface area (Å²) in [5.74, 6) is 0. The molecule has 0 spiro atoms. The Kier molecular flexibility index (Phi) is 4.08. The molecule has 0 amide bonds. The highest BCUT2D eigenvalue weighted by molar-refractivity contribution is 6.23. The summed E-state index contributed by atoms with van der Waals surface area (Å²) in [7, 11) is 0. The van der Waals surface area contributed by atoms with Crippen LogP contribution in [0, 0.1) is 5.41 Å². The third-order valence-electron chi connectivity index (χ3n) is 6.53. The van der Waals surface area contributed by atoms with E-state index in [0.717, 1.165) is 31.4 Å². The van der Waals surface area contributed by atoms with Gasteiger partial charge < -0.3 is 0 Å². The highest BCUT2D eigenvalue weighted by Gasteiger charge is 2.36. The van der Waals surface area contributed by atoms with E-state index in [-0.39, 0.29) is 15.7 Å². The molecule has 4 rings (SSSR count). The largest absolute Gasteiger partial charge is 0.261 e. The molecule has 2 heteroatoms. The van der Waals surface area contributed by atoms with Gasteiger partial charge in [-0.15, -0.1) is 11.6 Å². The van der Waals surface area contributed by atoms with Crippen LogP contribution in [0.3, 0.4) is 0 Å². The molecule has 1 fully saturated rings. The van der Waals surface area contributed by atoms with E-state index in [1.165, 1.54) is 22.3 Å². The van der Waals surface area contributed by atoms with Crippen LogP contribution in [0.15, 0.2) is 47.5 Å². The van der Waals surface area contributed by atoms with Crippen LogP contribution < -0.4 is 0 Å². The van der Waals surface area contributed by atoms with E-state index in [0.29, 0.717) is 0 Å². The Morgan fingerprint density at radius 3 is 2.23 bits per heavy atom. The van der Waals surface area contributed by atoms with Crippen molar-refractivity contribution in [1.82, 2.24) is 0 Å². The molecule has 0 saturated heterocycles. The molecule has 0 bridgehead atoms. The van der Waals surface area contributed by atoms with Crippen molar-refractivity contribution in [2.45, 2.75) is 63.7 Å². The van der Waals surface area contributed by atoms with Crippen LogP contribution in [0.25, 0.3) is 11.1 Å². The van der Waals surface area contributed by atoms with E-state index >= 15 is 0 Å². The minimum atomic E-state index is -0.0310. The average Bonchev–Trinajstić information content (AvgIpc) is 2.85. The van der Waals surface area contributed by atoms with E-state index in [9.17, 15) is 0 Å². The summed E-state index contributed by atoms with van der Waals surface area (Å²) >= 11 is 6.51. The zero-order chi connectivity index (χ0) is 18.6. The van der Waals surface area contributed by atoms with Crippen molar-refractivity contribution in [3.05, 3.63) is 53.6 Å². The number of halogens is 1. The summed E-state index contributed by atoms with van der Waals surface area (Å²) in [6.45, 7) is 9.10. The van der Waals surface area contributed by atoms with Crippen molar-refractivity contribution in [2.75, 3.05) is 0 Å².